The molecule has 1 atom stereocenters. The maximum Gasteiger partial charge on any atom is 0.155 e. The zero-order valence-corrected chi connectivity index (χ0v) is 12.1. The number of halogens is 1. The van der Waals surface area contributed by atoms with E-state index in [0.29, 0.717) is 5.70 Å². The minimum Gasteiger partial charge on any atom is -0.399 e. The van der Waals surface area contributed by atoms with Crippen molar-refractivity contribution in [3.63, 3.8) is 0 Å². The van der Waals surface area contributed by atoms with Crippen molar-refractivity contribution in [2.75, 3.05) is 0 Å². The predicted octanol–water partition coefficient (Wildman–Crippen LogP) is 4.65. The molecule has 1 aromatic heterocycles. The lowest BCUT2D eigenvalue weighted by molar-refractivity contribution is 0.265. The number of thiophene rings is 1. The number of fused-ring (bicyclic) bond motifs is 3. The summed E-state index contributed by atoms with van der Waals surface area (Å²) in [5.74, 6) is 0. The van der Waals surface area contributed by atoms with Crippen molar-refractivity contribution in [1.29, 1.82) is 0 Å². The first-order valence-electron chi connectivity index (χ1n) is 6.28. The molecule has 2 aromatic rings. The Morgan fingerprint density at radius 2 is 2.00 bits per heavy atom. The largest absolute Gasteiger partial charge is 0.399 e. The van der Waals surface area contributed by atoms with Crippen LogP contribution in [0.4, 0.5) is 4.39 Å². The van der Waals surface area contributed by atoms with Crippen molar-refractivity contribution >= 4 is 27.5 Å². The molecule has 1 aliphatic rings. The first kappa shape index (κ1) is 12.4. The Kier molecular flexibility index (Phi) is 2.58. The SMILES string of the molecule is CC1=Cc2sc3cc(C)ccc3c2C(C)(F)C=C1N. The second kappa shape index (κ2) is 3.94. The summed E-state index contributed by atoms with van der Waals surface area (Å²) < 4.78 is 16.2. The van der Waals surface area contributed by atoms with Crippen LogP contribution in [0.1, 0.15) is 29.9 Å². The summed E-state index contributed by atoms with van der Waals surface area (Å²) in [6.07, 6.45) is 3.52. The Bertz CT molecular complexity index is 735. The molecule has 3 heteroatoms. The van der Waals surface area contributed by atoms with Crippen LogP contribution in [0.25, 0.3) is 16.2 Å². The van der Waals surface area contributed by atoms with Gasteiger partial charge in [-0.2, -0.15) is 0 Å². The third kappa shape index (κ3) is 1.89. The highest BCUT2D eigenvalue weighted by Crippen LogP contribution is 2.44. The van der Waals surface area contributed by atoms with Crippen molar-refractivity contribution in [2.45, 2.75) is 26.4 Å². The highest BCUT2D eigenvalue weighted by atomic mass is 32.1. The van der Waals surface area contributed by atoms with Crippen LogP contribution in [0, 0.1) is 6.92 Å². The maximum atomic E-state index is 15.0. The highest BCUT2D eigenvalue weighted by Gasteiger charge is 2.32. The van der Waals surface area contributed by atoms with Crippen LogP contribution in [-0.2, 0) is 5.67 Å². The van der Waals surface area contributed by atoms with Gasteiger partial charge in [-0.25, -0.2) is 4.39 Å². The van der Waals surface area contributed by atoms with E-state index in [1.54, 1.807) is 18.3 Å². The quantitative estimate of drug-likeness (QED) is 0.742. The van der Waals surface area contributed by atoms with Crippen molar-refractivity contribution in [3.05, 3.63) is 51.5 Å². The molecular weight excluding hydrogens is 257 g/mol. The monoisotopic (exact) mass is 273 g/mol. The van der Waals surface area contributed by atoms with Gasteiger partial charge in [-0.15, -0.1) is 11.3 Å². The minimum absolute atomic E-state index is 0.522. The van der Waals surface area contributed by atoms with Crippen LogP contribution in [0.5, 0.6) is 0 Å². The van der Waals surface area contributed by atoms with E-state index in [1.807, 2.05) is 25.1 Å². The molecule has 1 aliphatic carbocycles. The Hall–Kier alpha value is -1.61. The first-order chi connectivity index (χ1) is 8.88. The number of rotatable bonds is 0. The second-order valence-corrected chi connectivity index (χ2v) is 6.43. The molecule has 1 nitrogen and oxygen atoms in total. The van der Waals surface area contributed by atoms with Crippen LogP contribution in [0.3, 0.4) is 0 Å². The summed E-state index contributed by atoms with van der Waals surface area (Å²) in [6, 6.07) is 6.15. The summed E-state index contributed by atoms with van der Waals surface area (Å²) >= 11 is 1.63. The van der Waals surface area contributed by atoms with Gasteiger partial charge in [-0.1, -0.05) is 12.1 Å². The van der Waals surface area contributed by atoms with Crippen molar-refractivity contribution in [2.24, 2.45) is 5.73 Å². The van der Waals surface area contributed by atoms with Gasteiger partial charge in [0.05, 0.1) is 0 Å². The van der Waals surface area contributed by atoms with Gasteiger partial charge in [0.25, 0.3) is 0 Å². The average molecular weight is 273 g/mol. The number of nitrogens with two attached hydrogens (primary N) is 1. The number of allylic oxidation sites excluding steroid dienone is 2. The van der Waals surface area contributed by atoms with Crippen molar-refractivity contribution in [1.82, 2.24) is 0 Å². The van der Waals surface area contributed by atoms with Gasteiger partial charge in [-0.05, 0) is 55.5 Å². The van der Waals surface area contributed by atoms with Gasteiger partial charge in [-0.3, -0.25) is 0 Å². The molecule has 0 bridgehead atoms. The van der Waals surface area contributed by atoms with Gasteiger partial charge in [0.1, 0.15) is 0 Å². The van der Waals surface area contributed by atoms with Crippen LogP contribution in [0.2, 0.25) is 0 Å². The van der Waals surface area contributed by atoms with E-state index < -0.39 is 5.67 Å². The Morgan fingerprint density at radius 1 is 1.26 bits per heavy atom. The van der Waals surface area contributed by atoms with Crippen LogP contribution < -0.4 is 5.73 Å². The molecule has 98 valence electrons. The van der Waals surface area contributed by atoms with E-state index in [2.05, 4.69) is 13.0 Å². The molecule has 0 saturated heterocycles. The molecular formula is C16H16FNS. The Balaban J connectivity index is 2.40. The third-order valence-electron chi connectivity index (χ3n) is 3.59. The zero-order valence-electron chi connectivity index (χ0n) is 11.3. The van der Waals surface area contributed by atoms with E-state index in [4.69, 9.17) is 5.73 Å². The smallest absolute Gasteiger partial charge is 0.155 e. The summed E-state index contributed by atoms with van der Waals surface area (Å²) in [4.78, 5) is 0.972. The molecule has 0 spiro atoms. The molecule has 1 heterocycles. The summed E-state index contributed by atoms with van der Waals surface area (Å²) in [6.45, 7) is 5.56. The maximum absolute atomic E-state index is 15.0. The van der Waals surface area contributed by atoms with Gasteiger partial charge in [0.2, 0.25) is 0 Å². The minimum atomic E-state index is -1.53. The second-order valence-electron chi connectivity index (χ2n) is 5.34. The topological polar surface area (TPSA) is 26.0 Å². The fraction of sp³-hybridized carbons (Fsp3) is 0.250. The molecule has 19 heavy (non-hydrogen) atoms. The lowest BCUT2D eigenvalue weighted by atomic mass is 9.94. The van der Waals surface area contributed by atoms with Gasteiger partial charge >= 0.3 is 0 Å². The lowest BCUT2D eigenvalue weighted by Crippen LogP contribution is -2.14. The number of alkyl halides is 1. The Morgan fingerprint density at radius 3 is 2.74 bits per heavy atom. The van der Waals surface area contributed by atoms with Crippen LogP contribution in [-0.4, -0.2) is 0 Å². The van der Waals surface area contributed by atoms with Crippen molar-refractivity contribution < 1.29 is 4.39 Å². The molecule has 0 radical (unpaired) electrons. The van der Waals surface area contributed by atoms with Crippen LogP contribution >= 0.6 is 11.3 Å². The third-order valence-corrected chi connectivity index (χ3v) is 4.69. The summed E-state index contributed by atoms with van der Waals surface area (Å²) in [5.41, 5.74) is 7.77. The summed E-state index contributed by atoms with van der Waals surface area (Å²) in [7, 11) is 0. The molecule has 3 rings (SSSR count). The number of aryl methyl sites for hydroxylation is 1. The van der Waals surface area contributed by atoms with Crippen LogP contribution in [0.15, 0.2) is 35.5 Å². The summed E-state index contributed by atoms with van der Waals surface area (Å²) in [5, 5.41) is 0.991. The number of hydrogen-bond donors (Lipinski definition) is 1. The van der Waals surface area contributed by atoms with Gasteiger partial charge in [0, 0.05) is 20.8 Å². The highest BCUT2D eigenvalue weighted by molar-refractivity contribution is 7.20. The van der Waals surface area contributed by atoms with E-state index in [9.17, 15) is 0 Å². The first-order valence-corrected chi connectivity index (χ1v) is 7.10. The predicted molar refractivity (Wildman–Crippen MR) is 80.9 cm³/mol. The molecule has 0 saturated carbocycles. The lowest BCUT2D eigenvalue weighted by Gasteiger charge is -2.16. The van der Waals surface area contributed by atoms with Crippen molar-refractivity contribution in [3.8, 4) is 0 Å². The fourth-order valence-electron chi connectivity index (χ4n) is 2.59. The van der Waals surface area contributed by atoms with Gasteiger partial charge < -0.3 is 5.73 Å². The van der Waals surface area contributed by atoms with E-state index in [-0.39, 0.29) is 0 Å². The normalized spacial score (nSPS) is 22.7. The zero-order chi connectivity index (χ0) is 13.8. The number of hydrogen-bond acceptors (Lipinski definition) is 2. The Labute approximate surface area is 116 Å². The molecule has 2 N–H and O–H groups in total. The number of benzene rings is 1. The van der Waals surface area contributed by atoms with E-state index in [1.165, 1.54) is 11.6 Å². The standard InChI is InChI=1S/C16H16FNS/c1-9-4-5-11-13(6-9)19-14-7-10(2)12(18)8-16(3,17)15(11)14/h4-8H,18H2,1-3H3. The average Bonchev–Trinajstić information content (AvgIpc) is 2.61. The molecule has 0 aliphatic heterocycles. The fourth-order valence-corrected chi connectivity index (χ4v) is 4.00. The molecule has 1 unspecified atom stereocenters. The van der Waals surface area contributed by atoms with E-state index >= 15 is 4.39 Å². The molecule has 1 aromatic carbocycles. The molecule has 0 amide bonds. The molecule has 0 fully saturated rings. The van der Waals surface area contributed by atoms with Gasteiger partial charge in [0.15, 0.2) is 5.67 Å². The van der Waals surface area contributed by atoms with E-state index in [0.717, 1.165) is 26.1 Å².